The van der Waals surface area contributed by atoms with Gasteiger partial charge in [-0.3, -0.25) is 5.32 Å². The number of anilines is 1. The Morgan fingerprint density at radius 2 is 1.90 bits per heavy atom. The molecule has 21 heavy (non-hydrogen) atoms. The van der Waals surface area contributed by atoms with Crippen LogP contribution in [0.2, 0.25) is 5.02 Å². The number of carbonyl (C=O) groups is 1. The zero-order chi connectivity index (χ0) is 16.3. The van der Waals surface area contributed by atoms with Crippen LogP contribution < -0.4 is 11.1 Å². The van der Waals surface area contributed by atoms with Gasteiger partial charge < -0.3 is 10.5 Å². The molecule has 1 aromatic rings. The number of nitrogens with two attached hydrogens (primary N) is 1. The molecule has 0 bridgehead atoms. The second-order valence-electron chi connectivity index (χ2n) is 6.92. The Labute approximate surface area is 132 Å². The van der Waals surface area contributed by atoms with E-state index in [4.69, 9.17) is 22.1 Å². The van der Waals surface area contributed by atoms with Gasteiger partial charge >= 0.3 is 6.09 Å². The smallest absolute Gasteiger partial charge is 0.412 e. The second-order valence-corrected chi connectivity index (χ2v) is 7.33. The Kier molecular flexibility index (Phi) is 5.65. The van der Waals surface area contributed by atoms with Crippen LogP contribution in [0.5, 0.6) is 0 Å². The average molecular weight is 313 g/mol. The van der Waals surface area contributed by atoms with Gasteiger partial charge in [-0.2, -0.15) is 0 Å². The molecule has 0 saturated heterocycles. The van der Waals surface area contributed by atoms with Gasteiger partial charge in [-0.25, -0.2) is 4.79 Å². The van der Waals surface area contributed by atoms with E-state index in [0.717, 1.165) is 18.4 Å². The van der Waals surface area contributed by atoms with E-state index in [1.54, 1.807) is 12.1 Å². The largest absolute Gasteiger partial charge is 0.444 e. The van der Waals surface area contributed by atoms with E-state index in [-0.39, 0.29) is 5.54 Å². The Hall–Kier alpha value is -1.26. The lowest BCUT2D eigenvalue weighted by molar-refractivity contribution is 0.0636. The molecule has 118 valence electrons. The van der Waals surface area contributed by atoms with Crippen molar-refractivity contribution in [2.45, 2.75) is 58.6 Å². The molecule has 3 N–H and O–H groups in total. The first-order chi connectivity index (χ1) is 9.46. The summed E-state index contributed by atoms with van der Waals surface area (Å²) in [6.45, 7) is 9.42. The maximum Gasteiger partial charge on any atom is 0.412 e. The van der Waals surface area contributed by atoms with E-state index < -0.39 is 11.7 Å². The summed E-state index contributed by atoms with van der Waals surface area (Å²) in [7, 11) is 0. The zero-order valence-corrected chi connectivity index (χ0v) is 14.2. The summed E-state index contributed by atoms with van der Waals surface area (Å²) >= 11 is 6.18. The Morgan fingerprint density at radius 3 is 2.43 bits per heavy atom. The fourth-order valence-corrected chi connectivity index (χ4v) is 1.93. The third kappa shape index (κ3) is 7.34. The van der Waals surface area contributed by atoms with Gasteiger partial charge in [-0.1, -0.05) is 11.6 Å². The molecule has 0 radical (unpaired) electrons. The molecule has 0 atom stereocenters. The highest BCUT2D eigenvalue weighted by Gasteiger charge is 2.17. The summed E-state index contributed by atoms with van der Waals surface area (Å²) in [6.07, 6.45) is 1.09. The predicted molar refractivity (Wildman–Crippen MR) is 87.9 cm³/mol. The number of hydrogen-bond donors (Lipinski definition) is 2. The van der Waals surface area contributed by atoms with Gasteiger partial charge in [0, 0.05) is 16.2 Å². The minimum Gasteiger partial charge on any atom is -0.444 e. The first kappa shape index (κ1) is 17.8. The number of halogens is 1. The summed E-state index contributed by atoms with van der Waals surface area (Å²) in [4.78, 5) is 11.8. The first-order valence-electron chi connectivity index (χ1n) is 7.04. The molecular formula is C16H25ClN2O2. The molecule has 1 aromatic carbocycles. The predicted octanol–water partition coefficient (Wildman–Crippen LogP) is 4.36. The Bertz CT molecular complexity index is 502. The van der Waals surface area contributed by atoms with Crippen molar-refractivity contribution in [3.8, 4) is 0 Å². The maximum absolute atomic E-state index is 11.8. The van der Waals surface area contributed by atoms with Gasteiger partial charge in [0.05, 0.1) is 0 Å². The van der Waals surface area contributed by atoms with Crippen LogP contribution in [0.3, 0.4) is 0 Å². The number of benzene rings is 1. The van der Waals surface area contributed by atoms with Gasteiger partial charge in [0.15, 0.2) is 0 Å². The summed E-state index contributed by atoms with van der Waals surface area (Å²) in [6, 6.07) is 5.38. The number of rotatable bonds is 4. The zero-order valence-electron chi connectivity index (χ0n) is 13.4. The fourth-order valence-electron chi connectivity index (χ4n) is 1.72. The van der Waals surface area contributed by atoms with Crippen molar-refractivity contribution in [3.63, 3.8) is 0 Å². The van der Waals surface area contributed by atoms with Crippen molar-refractivity contribution in [1.29, 1.82) is 0 Å². The van der Waals surface area contributed by atoms with Crippen LogP contribution in [-0.4, -0.2) is 17.2 Å². The number of hydrogen-bond acceptors (Lipinski definition) is 3. The first-order valence-corrected chi connectivity index (χ1v) is 7.41. The van der Waals surface area contributed by atoms with E-state index in [1.165, 1.54) is 0 Å². The molecule has 0 aliphatic carbocycles. The van der Waals surface area contributed by atoms with Crippen LogP contribution in [0.15, 0.2) is 18.2 Å². The van der Waals surface area contributed by atoms with Crippen LogP contribution in [0.1, 0.15) is 46.6 Å². The van der Waals surface area contributed by atoms with E-state index in [1.807, 2.05) is 40.7 Å². The SMILES string of the molecule is CC(C)(N)CCc1cc(NC(=O)OC(C)(C)C)ccc1Cl. The highest BCUT2D eigenvalue weighted by atomic mass is 35.5. The van der Waals surface area contributed by atoms with E-state index in [9.17, 15) is 4.79 Å². The van der Waals surface area contributed by atoms with Crippen molar-refractivity contribution >= 4 is 23.4 Å². The summed E-state index contributed by atoms with van der Waals surface area (Å²) in [5.41, 5.74) is 6.84. The minimum atomic E-state index is -0.525. The maximum atomic E-state index is 11.8. The molecule has 0 saturated carbocycles. The van der Waals surface area contributed by atoms with Crippen molar-refractivity contribution in [2.24, 2.45) is 5.73 Å². The van der Waals surface area contributed by atoms with Gasteiger partial charge in [0.1, 0.15) is 5.60 Å². The molecule has 1 amide bonds. The van der Waals surface area contributed by atoms with E-state index in [2.05, 4.69) is 5.32 Å². The van der Waals surface area contributed by atoms with E-state index in [0.29, 0.717) is 10.7 Å². The lowest BCUT2D eigenvalue weighted by Gasteiger charge is -2.20. The number of ether oxygens (including phenoxy) is 1. The van der Waals surface area contributed by atoms with Crippen molar-refractivity contribution in [3.05, 3.63) is 28.8 Å². The highest BCUT2D eigenvalue weighted by molar-refractivity contribution is 6.31. The summed E-state index contributed by atoms with van der Waals surface area (Å²) in [5, 5.41) is 3.39. The molecule has 0 aliphatic heterocycles. The molecule has 1 rings (SSSR count). The molecular weight excluding hydrogens is 288 g/mol. The molecule has 4 nitrogen and oxygen atoms in total. The quantitative estimate of drug-likeness (QED) is 0.868. The van der Waals surface area contributed by atoms with Crippen molar-refractivity contribution in [2.75, 3.05) is 5.32 Å². The number of carbonyl (C=O) groups excluding carboxylic acids is 1. The third-order valence-electron chi connectivity index (χ3n) is 2.73. The van der Waals surface area contributed by atoms with Crippen LogP contribution in [0.25, 0.3) is 0 Å². The van der Waals surface area contributed by atoms with Crippen molar-refractivity contribution in [1.82, 2.24) is 0 Å². The molecule has 5 heteroatoms. The van der Waals surface area contributed by atoms with Gasteiger partial charge in [0.2, 0.25) is 0 Å². The monoisotopic (exact) mass is 312 g/mol. The lowest BCUT2D eigenvalue weighted by atomic mass is 9.96. The van der Waals surface area contributed by atoms with Gasteiger partial charge in [-0.05, 0) is 71.2 Å². The van der Waals surface area contributed by atoms with E-state index >= 15 is 0 Å². The average Bonchev–Trinajstić information content (AvgIpc) is 2.26. The van der Waals surface area contributed by atoms with Crippen LogP contribution in [0, 0.1) is 0 Å². The fraction of sp³-hybridized carbons (Fsp3) is 0.562. The molecule has 0 heterocycles. The van der Waals surface area contributed by atoms with Crippen molar-refractivity contribution < 1.29 is 9.53 Å². The minimum absolute atomic E-state index is 0.252. The standard InChI is InChI=1S/C16H25ClN2O2/c1-15(2,3)21-14(20)19-12-6-7-13(17)11(10-12)8-9-16(4,5)18/h6-7,10H,8-9,18H2,1-5H3,(H,19,20). The molecule has 0 aliphatic rings. The second kappa shape index (κ2) is 6.67. The Morgan fingerprint density at radius 1 is 1.29 bits per heavy atom. The number of nitrogens with one attached hydrogen (secondary N) is 1. The number of amides is 1. The van der Waals surface area contributed by atoms with Crippen LogP contribution >= 0.6 is 11.6 Å². The van der Waals surface area contributed by atoms with Crippen LogP contribution in [0.4, 0.5) is 10.5 Å². The molecule has 0 fully saturated rings. The lowest BCUT2D eigenvalue weighted by Crippen LogP contribution is -2.32. The topological polar surface area (TPSA) is 64.3 Å². The molecule has 0 spiro atoms. The molecule has 0 aromatic heterocycles. The van der Waals surface area contributed by atoms with Crippen LogP contribution in [-0.2, 0) is 11.2 Å². The highest BCUT2D eigenvalue weighted by Crippen LogP contribution is 2.24. The number of aryl methyl sites for hydroxylation is 1. The third-order valence-corrected chi connectivity index (χ3v) is 3.10. The van der Waals surface area contributed by atoms with Gasteiger partial charge in [-0.15, -0.1) is 0 Å². The summed E-state index contributed by atoms with van der Waals surface area (Å²) in [5.74, 6) is 0. The summed E-state index contributed by atoms with van der Waals surface area (Å²) < 4.78 is 5.22. The van der Waals surface area contributed by atoms with Gasteiger partial charge in [0.25, 0.3) is 0 Å². The normalized spacial score (nSPS) is 12.1. The Balaban J connectivity index is 2.75. The molecule has 0 unspecified atom stereocenters.